The Morgan fingerprint density at radius 1 is 0.933 bits per heavy atom. The van der Waals surface area contributed by atoms with Crippen molar-refractivity contribution in [3.63, 3.8) is 0 Å². The summed E-state index contributed by atoms with van der Waals surface area (Å²) in [6.07, 6.45) is -0.319. The van der Waals surface area contributed by atoms with E-state index in [1.807, 2.05) is 6.92 Å². The van der Waals surface area contributed by atoms with Crippen molar-refractivity contribution in [1.29, 1.82) is 0 Å². The van der Waals surface area contributed by atoms with Crippen molar-refractivity contribution < 1.29 is 9.84 Å². The molecule has 0 bridgehead atoms. The Kier molecular flexibility index (Phi) is 149. The molecule has 1 atom stereocenters. The Balaban J connectivity index is -0.0000000353. The minimum atomic E-state index is -0.319. The van der Waals surface area contributed by atoms with Crippen molar-refractivity contribution in [3.05, 3.63) is 52.6 Å². The molecule has 0 fully saturated rings. The molecule has 0 saturated carbocycles. The molecule has 0 saturated heterocycles. The van der Waals surface area contributed by atoms with Gasteiger partial charge < -0.3 is 9.84 Å². The van der Waals surface area contributed by atoms with Crippen molar-refractivity contribution in [2.75, 3.05) is 13.2 Å². The summed E-state index contributed by atoms with van der Waals surface area (Å²) < 4.78 is 4.84. The molecule has 1 unspecified atom stereocenters. The van der Waals surface area contributed by atoms with E-state index >= 15 is 0 Å². The van der Waals surface area contributed by atoms with Gasteiger partial charge in [-0.25, -0.2) is 0 Å². The third-order valence-corrected chi connectivity index (χ3v) is 0.563. The zero-order valence-electron chi connectivity index (χ0n) is 10.5. The van der Waals surface area contributed by atoms with E-state index in [-0.39, 0.29) is 6.10 Å². The molecule has 15 heavy (non-hydrogen) atoms. The number of rotatable bonds is 3. The fourth-order valence-electron chi connectivity index (χ4n) is 0.288. The maximum atomic E-state index is 8.56. The molecule has 0 spiro atoms. The molecule has 0 aromatic carbocycles. The molecular weight excluding hydrogens is 188 g/mol. The first-order chi connectivity index (χ1) is 7.27. The third kappa shape index (κ3) is 184. The summed E-state index contributed by atoms with van der Waals surface area (Å²) in [5, 5.41) is 8.56. The van der Waals surface area contributed by atoms with Gasteiger partial charge in [-0.15, -0.1) is 52.6 Å². The number of aliphatic hydroxyl groups is 1. The van der Waals surface area contributed by atoms with E-state index in [1.165, 1.54) is 0 Å². The first-order valence-corrected chi connectivity index (χ1v) is 4.53. The van der Waals surface area contributed by atoms with Crippen molar-refractivity contribution in [1.82, 2.24) is 0 Å². The van der Waals surface area contributed by atoms with Crippen LogP contribution in [0.5, 0.6) is 0 Å². The smallest absolute Gasteiger partial charge is 0.0745 e. The lowest BCUT2D eigenvalue weighted by Crippen LogP contribution is -2.09. The molecule has 0 aromatic heterocycles. The first kappa shape index (κ1) is 29.2. The summed E-state index contributed by atoms with van der Waals surface area (Å²) in [4.78, 5) is 0. The fraction of sp³-hybridized carbons (Fsp3) is 0.385. The second-order valence-electron chi connectivity index (χ2n) is 1.51. The van der Waals surface area contributed by atoms with Gasteiger partial charge in [0, 0.05) is 6.61 Å². The van der Waals surface area contributed by atoms with Crippen LogP contribution in [0.15, 0.2) is 52.6 Å². The average molecular weight is 216 g/mol. The summed E-state index contributed by atoms with van der Waals surface area (Å²) in [5.41, 5.74) is 0. The highest BCUT2D eigenvalue weighted by Crippen LogP contribution is 1.79. The molecule has 0 aliphatic rings. The van der Waals surface area contributed by atoms with Crippen LogP contribution in [-0.4, -0.2) is 24.4 Å². The monoisotopic (exact) mass is 216 g/mol. The topological polar surface area (TPSA) is 29.5 Å². The van der Waals surface area contributed by atoms with Gasteiger partial charge >= 0.3 is 0 Å². The Morgan fingerprint density at radius 2 is 1.20 bits per heavy atom. The number of hydrogen-bond donors (Lipinski definition) is 1. The van der Waals surface area contributed by atoms with Crippen molar-refractivity contribution in [2.24, 2.45) is 0 Å². The maximum Gasteiger partial charge on any atom is 0.0745 e. The number of hydrogen-bond acceptors (Lipinski definition) is 2. The van der Waals surface area contributed by atoms with Crippen molar-refractivity contribution in [3.8, 4) is 0 Å². The minimum absolute atomic E-state index is 0.319. The average Bonchev–Trinajstić information content (AvgIpc) is 2.36. The largest absolute Gasteiger partial charge is 0.391 e. The molecule has 0 aliphatic carbocycles. The highest BCUT2D eigenvalue weighted by molar-refractivity contribution is 4.38. The van der Waals surface area contributed by atoms with Crippen LogP contribution >= 0.6 is 0 Å². The van der Waals surface area contributed by atoms with Crippen LogP contribution in [0.3, 0.4) is 0 Å². The molecule has 0 aliphatic heterocycles. The van der Waals surface area contributed by atoms with E-state index in [1.54, 1.807) is 6.92 Å². The quantitative estimate of drug-likeness (QED) is 0.730. The lowest BCUT2D eigenvalue weighted by atomic mass is 10.4. The van der Waals surface area contributed by atoms with Crippen molar-refractivity contribution >= 4 is 0 Å². The van der Waals surface area contributed by atoms with E-state index in [2.05, 4.69) is 52.6 Å². The lowest BCUT2D eigenvalue weighted by Gasteiger charge is -2.00. The van der Waals surface area contributed by atoms with Gasteiger partial charge in [0.1, 0.15) is 0 Å². The van der Waals surface area contributed by atoms with Crippen LogP contribution in [0.1, 0.15) is 13.8 Å². The van der Waals surface area contributed by atoms with Gasteiger partial charge in [-0.3, -0.25) is 0 Å². The zero-order valence-corrected chi connectivity index (χ0v) is 10.5. The van der Waals surface area contributed by atoms with Crippen LogP contribution in [-0.2, 0) is 4.74 Å². The Hall–Kier alpha value is -1.12. The second-order valence-corrected chi connectivity index (χ2v) is 1.51. The molecule has 92 valence electrons. The van der Waals surface area contributed by atoms with Gasteiger partial charge in [0.2, 0.25) is 0 Å². The van der Waals surface area contributed by atoms with Crippen LogP contribution in [0, 0.1) is 0 Å². The van der Waals surface area contributed by atoms with Crippen molar-refractivity contribution in [2.45, 2.75) is 20.0 Å². The highest BCUT2D eigenvalue weighted by atomic mass is 16.5. The van der Waals surface area contributed by atoms with Gasteiger partial charge in [0.25, 0.3) is 0 Å². The zero-order chi connectivity index (χ0) is 13.7. The lowest BCUT2D eigenvalue weighted by molar-refractivity contribution is 0.0527. The molecule has 0 radical (unpaired) electrons. The summed E-state index contributed by atoms with van der Waals surface area (Å²) in [7, 11) is 0. The number of ether oxygens (including phenoxy) is 1. The molecule has 2 heteroatoms. The summed E-state index contributed by atoms with van der Waals surface area (Å²) in [6.45, 7) is 28.7. The van der Waals surface area contributed by atoms with Crippen LogP contribution < -0.4 is 0 Å². The normalized spacial score (nSPS) is 7.67. The predicted molar refractivity (Wildman–Crippen MR) is 73.2 cm³/mol. The molecular formula is C13H28O2. The third-order valence-electron chi connectivity index (χ3n) is 0.563. The van der Waals surface area contributed by atoms with Crippen LogP contribution in [0.2, 0.25) is 0 Å². The van der Waals surface area contributed by atoms with Crippen LogP contribution in [0.25, 0.3) is 0 Å². The van der Waals surface area contributed by atoms with Gasteiger partial charge in [-0.2, -0.15) is 0 Å². The summed E-state index contributed by atoms with van der Waals surface area (Å²) >= 11 is 0. The van der Waals surface area contributed by atoms with Crippen LogP contribution in [0.4, 0.5) is 0 Å². The summed E-state index contributed by atoms with van der Waals surface area (Å²) in [5.74, 6) is 0. The van der Waals surface area contributed by atoms with Gasteiger partial charge in [-0.05, 0) is 13.8 Å². The van der Waals surface area contributed by atoms with E-state index in [0.717, 1.165) is 0 Å². The fourth-order valence-corrected chi connectivity index (χ4v) is 0.288. The predicted octanol–water partition coefficient (Wildman–Crippen LogP) is 3.61. The van der Waals surface area contributed by atoms with Gasteiger partial charge in [0.15, 0.2) is 0 Å². The molecule has 0 rings (SSSR count). The molecule has 2 nitrogen and oxygen atoms in total. The Bertz CT molecular complexity index is 64.9. The molecule has 0 aromatic rings. The van der Waals surface area contributed by atoms with Gasteiger partial charge in [-0.1, -0.05) is 0 Å². The molecule has 0 amide bonds. The Morgan fingerprint density at radius 3 is 1.27 bits per heavy atom. The SMILES string of the molecule is C=C.C=C.C=C.C=C.CCOCC(C)O. The van der Waals surface area contributed by atoms with E-state index in [0.29, 0.717) is 13.2 Å². The number of aliphatic hydroxyl groups excluding tert-OH is 1. The highest BCUT2D eigenvalue weighted by Gasteiger charge is 1.89. The minimum Gasteiger partial charge on any atom is -0.391 e. The first-order valence-electron chi connectivity index (χ1n) is 4.53. The molecule has 0 heterocycles. The van der Waals surface area contributed by atoms with E-state index in [9.17, 15) is 0 Å². The second kappa shape index (κ2) is 76.3. The van der Waals surface area contributed by atoms with Gasteiger partial charge in [0.05, 0.1) is 12.7 Å². The Labute approximate surface area is 96.3 Å². The molecule has 1 N–H and O–H groups in total. The standard InChI is InChI=1S/C5H12O2.4C2H4/c1-3-7-4-5(2)6;4*1-2/h5-6H,3-4H2,1-2H3;4*1-2H2. The van der Waals surface area contributed by atoms with E-state index < -0.39 is 0 Å². The maximum absolute atomic E-state index is 8.56. The van der Waals surface area contributed by atoms with E-state index in [4.69, 9.17) is 9.84 Å². The summed E-state index contributed by atoms with van der Waals surface area (Å²) in [6, 6.07) is 0.